The molecule has 1 aliphatic heterocycles. The van der Waals surface area contributed by atoms with Gasteiger partial charge in [0.1, 0.15) is 5.82 Å². The maximum atomic E-state index is 13.0. The molecule has 0 saturated carbocycles. The Balaban J connectivity index is 1.58. The van der Waals surface area contributed by atoms with Crippen molar-refractivity contribution in [2.75, 3.05) is 19.6 Å². The highest BCUT2D eigenvalue weighted by atomic mass is 19.1. The van der Waals surface area contributed by atoms with Gasteiger partial charge in [0.25, 0.3) is 0 Å². The fourth-order valence-electron chi connectivity index (χ4n) is 3.21. The van der Waals surface area contributed by atoms with E-state index in [1.54, 1.807) is 5.01 Å². The number of carbonyl (C=O) groups is 2. The Bertz CT molecular complexity index is 746. The van der Waals surface area contributed by atoms with Crippen molar-refractivity contribution >= 4 is 11.7 Å². The number of carbonyl (C=O) groups excluding carboxylic acids is 2. The molecule has 1 saturated heterocycles. The first kappa shape index (κ1) is 18.3. The number of amides is 1. The molecule has 5 heteroatoms. The lowest BCUT2D eigenvalue weighted by atomic mass is 10.1. The Morgan fingerprint density at radius 3 is 2.46 bits per heavy atom. The molecular weight excluding hydrogens is 331 g/mol. The fourth-order valence-corrected chi connectivity index (χ4v) is 3.21. The van der Waals surface area contributed by atoms with Gasteiger partial charge in [0, 0.05) is 38.0 Å². The van der Waals surface area contributed by atoms with Crippen LogP contribution in [-0.2, 0) is 11.2 Å². The van der Waals surface area contributed by atoms with Crippen LogP contribution in [0.2, 0.25) is 0 Å². The summed E-state index contributed by atoms with van der Waals surface area (Å²) in [6.07, 6.45) is 2.46. The molecule has 2 aromatic rings. The van der Waals surface area contributed by atoms with Gasteiger partial charge < -0.3 is 0 Å². The average molecular weight is 354 g/mol. The number of benzene rings is 2. The van der Waals surface area contributed by atoms with Crippen molar-refractivity contribution < 1.29 is 14.0 Å². The van der Waals surface area contributed by atoms with E-state index < -0.39 is 0 Å². The minimum Gasteiger partial charge on any atom is -0.294 e. The molecule has 0 aromatic heterocycles. The molecule has 0 aliphatic carbocycles. The Hall–Kier alpha value is -2.53. The van der Waals surface area contributed by atoms with Crippen LogP contribution in [0.25, 0.3) is 0 Å². The van der Waals surface area contributed by atoms with Crippen LogP contribution in [0.15, 0.2) is 54.6 Å². The summed E-state index contributed by atoms with van der Waals surface area (Å²) in [5, 5.41) is 3.77. The molecule has 1 fully saturated rings. The van der Waals surface area contributed by atoms with Crippen molar-refractivity contribution in [3.63, 3.8) is 0 Å². The van der Waals surface area contributed by atoms with E-state index in [9.17, 15) is 14.0 Å². The number of nitrogens with zero attached hydrogens (tertiary/aromatic N) is 2. The van der Waals surface area contributed by atoms with E-state index in [1.807, 2.05) is 23.2 Å². The van der Waals surface area contributed by atoms with Crippen LogP contribution in [0, 0.1) is 5.82 Å². The maximum absolute atomic E-state index is 13.0. The van der Waals surface area contributed by atoms with Gasteiger partial charge in [0.05, 0.1) is 0 Å². The highest BCUT2D eigenvalue weighted by Gasteiger charge is 2.26. The molecule has 26 heavy (non-hydrogen) atoms. The van der Waals surface area contributed by atoms with Gasteiger partial charge in [-0.05, 0) is 42.7 Å². The normalized spacial score (nSPS) is 15.3. The second-order valence-corrected chi connectivity index (χ2v) is 6.49. The van der Waals surface area contributed by atoms with Crippen LogP contribution in [0.4, 0.5) is 4.39 Å². The summed E-state index contributed by atoms with van der Waals surface area (Å²) in [4.78, 5) is 24.6. The molecule has 3 rings (SSSR count). The first-order valence-electron chi connectivity index (χ1n) is 9.01. The van der Waals surface area contributed by atoms with Crippen molar-refractivity contribution in [1.82, 2.24) is 10.0 Å². The third-order valence-electron chi connectivity index (χ3n) is 4.65. The largest absolute Gasteiger partial charge is 0.294 e. The topological polar surface area (TPSA) is 40.6 Å². The summed E-state index contributed by atoms with van der Waals surface area (Å²) >= 11 is 0. The van der Waals surface area contributed by atoms with Crippen molar-refractivity contribution in [3.05, 3.63) is 71.5 Å². The summed E-state index contributed by atoms with van der Waals surface area (Å²) in [5.41, 5.74) is 1.69. The number of hydrazine groups is 1. The van der Waals surface area contributed by atoms with Crippen LogP contribution in [0.3, 0.4) is 0 Å². The molecular formula is C21H23FN2O2. The smallest absolute Gasteiger partial charge is 0.236 e. The molecule has 0 atom stereocenters. The van der Waals surface area contributed by atoms with E-state index in [2.05, 4.69) is 12.1 Å². The number of halogens is 1. The van der Waals surface area contributed by atoms with Gasteiger partial charge in [-0.2, -0.15) is 0 Å². The molecule has 2 aromatic carbocycles. The Morgan fingerprint density at radius 1 is 1.00 bits per heavy atom. The van der Waals surface area contributed by atoms with Gasteiger partial charge in [-0.15, -0.1) is 0 Å². The standard InChI is InChI=1S/C21H23FN2O2/c22-19-10-8-18(9-11-19)20(25)13-15-23-14-4-7-21(26)24(23)16-12-17-5-2-1-3-6-17/h1-3,5-6,8-11H,4,7,12-16H2. The van der Waals surface area contributed by atoms with Crippen molar-refractivity contribution in [2.45, 2.75) is 25.7 Å². The van der Waals surface area contributed by atoms with Crippen LogP contribution in [0.1, 0.15) is 35.2 Å². The zero-order valence-corrected chi connectivity index (χ0v) is 14.7. The first-order valence-corrected chi connectivity index (χ1v) is 9.01. The quantitative estimate of drug-likeness (QED) is 0.715. The van der Waals surface area contributed by atoms with E-state index in [-0.39, 0.29) is 17.5 Å². The molecule has 1 aliphatic rings. The Kier molecular flexibility index (Phi) is 6.12. The number of hydrogen-bond donors (Lipinski definition) is 0. The number of rotatable bonds is 7. The van der Waals surface area contributed by atoms with Crippen LogP contribution in [0.5, 0.6) is 0 Å². The highest BCUT2D eigenvalue weighted by molar-refractivity contribution is 5.96. The van der Waals surface area contributed by atoms with E-state index in [0.29, 0.717) is 31.5 Å². The predicted octanol–water partition coefficient (Wildman–Crippen LogP) is 3.48. The average Bonchev–Trinajstić information content (AvgIpc) is 2.66. The molecule has 136 valence electrons. The summed E-state index contributed by atoms with van der Waals surface area (Å²) in [6, 6.07) is 15.7. The molecule has 0 radical (unpaired) electrons. The zero-order chi connectivity index (χ0) is 18.4. The Morgan fingerprint density at radius 2 is 1.73 bits per heavy atom. The molecule has 0 bridgehead atoms. The fraction of sp³-hybridized carbons (Fsp3) is 0.333. The van der Waals surface area contributed by atoms with Crippen molar-refractivity contribution in [3.8, 4) is 0 Å². The minimum atomic E-state index is -0.352. The van der Waals surface area contributed by atoms with E-state index in [0.717, 1.165) is 19.4 Å². The summed E-state index contributed by atoms with van der Waals surface area (Å²) < 4.78 is 13.0. The van der Waals surface area contributed by atoms with Gasteiger partial charge in [-0.1, -0.05) is 30.3 Å². The lowest BCUT2D eigenvalue weighted by Crippen LogP contribution is -2.51. The number of Topliss-reactive ketones (excluding diaryl/α,β-unsaturated/α-hetero) is 1. The molecule has 0 N–H and O–H groups in total. The second-order valence-electron chi connectivity index (χ2n) is 6.49. The lowest BCUT2D eigenvalue weighted by Gasteiger charge is -2.38. The maximum Gasteiger partial charge on any atom is 0.236 e. The van der Waals surface area contributed by atoms with E-state index in [1.165, 1.54) is 29.8 Å². The predicted molar refractivity (Wildman–Crippen MR) is 98.0 cm³/mol. The number of hydrogen-bond acceptors (Lipinski definition) is 3. The van der Waals surface area contributed by atoms with Crippen LogP contribution < -0.4 is 0 Å². The van der Waals surface area contributed by atoms with Gasteiger partial charge in [0.15, 0.2) is 5.78 Å². The highest BCUT2D eigenvalue weighted by Crippen LogP contribution is 2.15. The van der Waals surface area contributed by atoms with E-state index in [4.69, 9.17) is 0 Å². The van der Waals surface area contributed by atoms with E-state index >= 15 is 0 Å². The van der Waals surface area contributed by atoms with Crippen LogP contribution in [-0.4, -0.2) is 41.3 Å². The SMILES string of the molecule is O=C(CCN1CCCC(=O)N1CCc1ccccc1)c1ccc(F)cc1. The first-order chi connectivity index (χ1) is 12.6. The monoisotopic (exact) mass is 354 g/mol. The summed E-state index contributed by atoms with van der Waals surface area (Å²) in [7, 11) is 0. The molecule has 4 nitrogen and oxygen atoms in total. The van der Waals surface area contributed by atoms with Crippen LogP contribution >= 0.6 is 0 Å². The van der Waals surface area contributed by atoms with Gasteiger partial charge in [-0.3, -0.25) is 14.6 Å². The molecule has 0 unspecified atom stereocenters. The second kappa shape index (κ2) is 8.72. The third-order valence-corrected chi connectivity index (χ3v) is 4.65. The van der Waals surface area contributed by atoms with Gasteiger partial charge >= 0.3 is 0 Å². The van der Waals surface area contributed by atoms with Gasteiger partial charge in [-0.25, -0.2) is 9.40 Å². The number of ketones is 1. The Labute approximate surface area is 153 Å². The summed E-state index contributed by atoms with van der Waals surface area (Å²) in [6.45, 7) is 1.89. The van der Waals surface area contributed by atoms with Crippen molar-refractivity contribution in [1.29, 1.82) is 0 Å². The van der Waals surface area contributed by atoms with Gasteiger partial charge in [0.2, 0.25) is 5.91 Å². The molecule has 1 amide bonds. The summed E-state index contributed by atoms with van der Waals surface area (Å²) in [5.74, 6) is -0.275. The lowest BCUT2D eigenvalue weighted by molar-refractivity contribution is -0.155. The minimum absolute atomic E-state index is 0.0361. The third kappa shape index (κ3) is 4.76. The van der Waals surface area contributed by atoms with Crippen molar-refractivity contribution in [2.24, 2.45) is 0 Å². The molecule has 1 heterocycles. The molecule has 0 spiro atoms. The zero-order valence-electron chi connectivity index (χ0n) is 14.7.